The number of nitrogens with zero attached hydrogens (tertiary/aromatic N) is 5. The Hall–Kier alpha value is -5.53. The second-order valence-electron chi connectivity index (χ2n) is 16.6. The Kier molecular flexibility index (Phi) is 10.3. The molecule has 5 heterocycles. The number of fused-ring (bicyclic) bond motifs is 1. The van der Waals surface area contributed by atoms with Crippen molar-refractivity contribution in [2.75, 3.05) is 70.6 Å². The van der Waals surface area contributed by atoms with Crippen molar-refractivity contribution in [3.8, 4) is 0 Å². The van der Waals surface area contributed by atoms with Gasteiger partial charge in [0.2, 0.25) is 0 Å². The zero-order valence-corrected chi connectivity index (χ0v) is 33.6. The van der Waals surface area contributed by atoms with Gasteiger partial charge >= 0.3 is 0 Å². The van der Waals surface area contributed by atoms with E-state index in [9.17, 15) is 24.6 Å². The van der Waals surface area contributed by atoms with Crippen LogP contribution in [0.15, 0.2) is 115 Å². The lowest BCUT2D eigenvalue weighted by molar-refractivity contribution is -0.139. The van der Waals surface area contributed by atoms with Crippen LogP contribution in [0.25, 0.3) is 0 Å². The lowest BCUT2D eigenvalue weighted by Crippen LogP contribution is -2.55. The minimum absolute atomic E-state index is 0.00814. The van der Waals surface area contributed by atoms with Crippen LogP contribution in [-0.2, 0) is 26.5 Å². The molecular formula is C47H53N7O5. The van der Waals surface area contributed by atoms with E-state index in [4.69, 9.17) is 0 Å². The molecule has 0 unspecified atom stereocenters. The lowest BCUT2D eigenvalue weighted by Gasteiger charge is -2.39. The molecule has 0 bridgehead atoms. The van der Waals surface area contributed by atoms with Gasteiger partial charge in [-0.05, 0) is 118 Å². The molecule has 12 heteroatoms. The monoisotopic (exact) mass is 795 g/mol. The number of nitrogens with one attached hydrogen (secondary N) is 2. The summed E-state index contributed by atoms with van der Waals surface area (Å²) in [6.07, 6.45) is 6.69. The largest absolute Gasteiger partial charge is 0.396 e. The maximum atomic E-state index is 14.8. The fraction of sp³-hybridized carbons (Fsp3) is 0.383. The van der Waals surface area contributed by atoms with Crippen LogP contribution in [-0.4, -0.2) is 85.1 Å². The summed E-state index contributed by atoms with van der Waals surface area (Å²) in [5.74, 6) is -1.04. The summed E-state index contributed by atoms with van der Waals surface area (Å²) in [5, 5.41) is 29.0. The highest BCUT2D eigenvalue weighted by Crippen LogP contribution is 2.49. The van der Waals surface area contributed by atoms with Gasteiger partial charge in [-0.1, -0.05) is 67.6 Å². The fourth-order valence-electron chi connectivity index (χ4n) is 10.1. The molecule has 4 N–H and O–H groups in total. The minimum Gasteiger partial charge on any atom is -0.396 e. The topological polar surface area (TPSA) is 132 Å². The van der Waals surface area contributed by atoms with Gasteiger partial charge in [0.15, 0.2) is 5.60 Å². The summed E-state index contributed by atoms with van der Waals surface area (Å²) < 4.78 is 0. The number of benzene rings is 4. The van der Waals surface area contributed by atoms with Crippen LogP contribution in [0, 0.1) is 5.92 Å². The first-order valence-corrected chi connectivity index (χ1v) is 21.0. The number of amides is 3. The maximum absolute atomic E-state index is 14.8. The highest BCUT2D eigenvalue weighted by Gasteiger charge is 2.56. The molecule has 12 nitrogen and oxygen atoms in total. The van der Waals surface area contributed by atoms with Crippen molar-refractivity contribution in [2.24, 2.45) is 5.92 Å². The van der Waals surface area contributed by atoms with Crippen molar-refractivity contribution in [3.05, 3.63) is 126 Å². The molecule has 4 aromatic carbocycles. The first-order valence-electron chi connectivity index (χ1n) is 21.0. The van der Waals surface area contributed by atoms with Crippen LogP contribution >= 0.6 is 0 Å². The Bertz CT molecular complexity index is 2240. The van der Waals surface area contributed by atoms with Crippen molar-refractivity contribution < 1.29 is 24.6 Å². The summed E-state index contributed by atoms with van der Waals surface area (Å²) in [7, 11) is 0. The summed E-state index contributed by atoms with van der Waals surface area (Å²) in [6.45, 7) is 5.64. The van der Waals surface area contributed by atoms with Gasteiger partial charge in [-0.15, -0.1) is 0 Å². The Morgan fingerprint density at radius 1 is 0.661 bits per heavy atom. The highest BCUT2D eigenvalue weighted by molar-refractivity contribution is 6.10. The van der Waals surface area contributed by atoms with Crippen molar-refractivity contribution in [1.29, 1.82) is 0 Å². The van der Waals surface area contributed by atoms with E-state index in [0.29, 0.717) is 62.4 Å². The molecule has 5 aliphatic heterocycles. The minimum atomic E-state index is -1.94. The highest BCUT2D eigenvalue weighted by atomic mass is 16.3. The molecule has 4 saturated heterocycles. The Labute approximate surface area is 345 Å². The predicted octanol–water partition coefficient (Wildman–Crippen LogP) is 4.86. The van der Waals surface area contributed by atoms with Gasteiger partial charge in [-0.2, -0.15) is 0 Å². The van der Waals surface area contributed by atoms with Crippen LogP contribution in [0.5, 0.6) is 0 Å². The van der Waals surface area contributed by atoms with E-state index in [2.05, 4.69) is 32.6 Å². The average Bonchev–Trinajstić information content (AvgIpc) is 3.80. The van der Waals surface area contributed by atoms with Crippen molar-refractivity contribution >= 4 is 46.2 Å². The number of carbonyl (C=O) groups excluding carboxylic acids is 3. The van der Waals surface area contributed by atoms with Gasteiger partial charge in [-0.25, -0.2) is 0 Å². The quantitative estimate of drug-likeness (QED) is 0.166. The van der Waals surface area contributed by atoms with Crippen molar-refractivity contribution in [1.82, 2.24) is 10.6 Å². The van der Waals surface area contributed by atoms with E-state index >= 15 is 0 Å². The van der Waals surface area contributed by atoms with E-state index in [1.54, 1.807) is 22.0 Å². The van der Waals surface area contributed by atoms with Crippen molar-refractivity contribution in [2.45, 2.75) is 62.3 Å². The summed E-state index contributed by atoms with van der Waals surface area (Å²) >= 11 is 0. The zero-order chi connectivity index (χ0) is 40.8. The van der Waals surface area contributed by atoms with Gasteiger partial charge in [0.25, 0.3) is 17.7 Å². The third-order valence-electron chi connectivity index (χ3n) is 13.4. The maximum Gasteiger partial charge on any atom is 0.264 e. The van der Waals surface area contributed by atoms with Gasteiger partial charge < -0.3 is 35.5 Å². The van der Waals surface area contributed by atoms with E-state index < -0.39 is 28.5 Å². The molecule has 306 valence electrons. The molecule has 5 aliphatic rings. The van der Waals surface area contributed by atoms with E-state index in [1.165, 1.54) is 0 Å². The third-order valence-corrected chi connectivity index (χ3v) is 13.4. The molecule has 4 fully saturated rings. The lowest BCUT2D eigenvalue weighted by atomic mass is 9.82. The second-order valence-corrected chi connectivity index (χ2v) is 16.6. The number of aliphatic hydroxyl groups is 2. The van der Waals surface area contributed by atoms with E-state index in [0.717, 1.165) is 48.8 Å². The van der Waals surface area contributed by atoms with Crippen LogP contribution < -0.4 is 35.1 Å². The molecule has 59 heavy (non-hydrogen) atoms. The molecule has 0 aliphatic carbocycles. The standard InChI is InChI=1S/C47H53N7O5/c1-34(11-8-9-28-55)47(59)40-30-39(52-33-54(37-15-6-3-7-16-37)46(43(52)57)22-26-49-27-23-46)18-19-41(40)50(44(47)58)31-35-12-10-17-38(29-35)51-32-53(36-13-4-2-5-14-36)45(42(51)56)20-24-48-25-21-45/h2-8,10-19,29-30,34,48-49,55,59H,9,20-28,31-33H2,1H3/b11-8+/t34-,47+/m0/s1. The predicted molar refractivity (Wildman–Crippen MR) is 230 cm³/mol. The van der Waals surface area contributed by atoms with Crippen molar-refractivity contribution in [3.63, 3.8) is 0 Å². The first kappa shape index (κ1) is 39.0. The molecule has 3 amide bonds. The van der Waals surface area contributed by atoms with E-state index in [-0.39, 0.29) is 25.0 Å². The molecule has 2 atom stereocenters. The number of aliphatic hydroxyl groups excluding tert-OH is 1. The van der Waals surface area contributed by atoms with Gasteiger partial charge in [0.05, 0.1) is 25.6 Å². The van der Waals surface area contributed by atoms with Crippen LogP contribution in [0.1, 0.15) is 50.2 Å². The smallest absolute Gasteiger partial charge is 0.264 e. The normalized spacial score (nSPS) is 23.0. The number of carbonyl (C=O) groups is 3. The van der Waals surface area contributed by atoms with E-state index in [1.807, 2.05) is 103 Å². The van der Waals surface area contributed by atoms with Crippen LogP contribution in [0.4, 0.5) is 28.4 Å². The number of hydrogen-bond acceptors (Lipinski definition) is 9. The van der Waals surface area contributed by atoms with Gasteiger partial charge in [0, 0.05) is 40.8 Å². The Morgan fingerprint density at radius 3 is 1.73 bits per heavy atom. The first-order chi connectivity index (χ1) is 28.7. The Balaban J connectivity index is 1.05. The van der Waals surface area contributed by atoms with Gasteiger partial charge in [0.1, 0.15) is 11.1 Å². The second kappa shape index (κ2) is 15.6. The third kappa shape index (κ3) is 6.40. The number of para-hydroxylation sites is 2. The molecule has 0 saturated carbocycles. The molecule has 0 radical (unpaired) electrons. The Morgan fingerprint density at radius 2 is 1.19 bits per heavy atom. The molecule has 9 rings (SSSR count). The average molecular weight is 796 g/mol. The molecule has 0 aromatic heterocycles. The summed E-state index contributed by atoms with van der Waals surface area (Å²) in [6, 6.07) is 33.5. The zero-order valence-electron chi connectivity index (χ0n) is 33.6. The van der Waals surface area contributed by atoms with Crippen LogP contribution in [0.2, 0.25) is 0 Å². The molecule has 2 spiro atoms. The summed E-state index contributed by atoms with van der Waals surface area (Å²) in [5.41, 5.74) is 1.87. The number of piperidine rings is 2. The number of rotatable bonds is 10. The van der Waals surface area contributed by atoms with Crippen LogP contribution in [0.3, 0.4) is 0 Å². The van der Waals surface area contributed by atoms with Gasteiger partial charge in [-0.3, -0.25) is 24.2 Å². The summed E-state index contributed by atoms with van der Waals surface area (Å²) in [4.78, 5) is 53.6. The molecule has 4 aromatic rings. The number of hydrogen-bond donors (Lipinski definition) is 4. The number of anilines is 5. The SMILES string of the molecule is C[C@@H](/C=C/CCO)[C@]1(O)C(=O)N(Cc2cccc(N3CN(c4ccccc4)C4(CCNCC4)C3=O)c2)c2ccc(N3CN(c4ccccc4)C4(CCNCC4)C3=O)cc21. The molecular weight excluding hydrogens is 743 g/mol. The fourth-order valence-corrected chi connectivity index (χ4v) is 10.1.